The molecule has 2 rings (SSSR count). The molecule has 0 aliphatic rings. The van der Waals surface area contributed by atoms with Crippen molar-refractivity contribution in [1.82, 2.24) is 9.55 Å². The van der Waals surface area contributed by atoms with Crippen LogP contribution in [0, 0.1) is 5.82 Å². The topological polar surface area (TPSA) is 38.0 Å². The first kappa shape index (κ1) is 12.1. The van der Waals surface area contributed by atoms with Crippen molar-refractivity contribution in [3.8, 4) is 0 Å². The lowest BCUT2D eigenvalue weighted by atomic mass is 10.1. The molecular formula is C12H12ClFN2O. The van der Waals surface area contributed by atoms with Crippen molar-refractivity contribution in [3.05, 3.63) is 52.8 Å². The van der Waals surface area contributed by atoms with E-state index in [0.717, 1.165) is 0 Å². The fourth-order valence-corrected chi connectivity index (χ4v) is 1.89. The molecule has 0 spiro atoms. The van der Waals surface area contributed by atoms with Gasteiger partial charge in [-0.15, -0.1) is 0 Å². The minimum Gasteiger partial charge on any atom is -0.380 e. The number of hydrogen-bond donors (Lipinski definition) is 1. The standard InChI is InChI=1S/C12H12ClFN2O/c1-2-16-7-6-15-12(16)11(17)8-4-3-5-9(13)10(8)14/h3-7,11,17H,2H2,1H3. The zero-order valence-corrected chi connectivity index (χ0v) is 10.0. The van der Waals surface area contributed by atoms with Crippen LogP contribution in [0.1, 0.15) is 24.4 Å². The molecular weight excluding hydrogens is 243 g/mol. The summed E-state index contributed by atoms with van der Waals surface area (Å²) in [6.45, 7) is 2.58. The van der Waals surface area contributed by atoms with Gasteiger partial charge in [0.2, 0.25) is 0 Å². The Morgan fingerprint density at radius 3 is 3.00 bits per heavy atom. The smallest absolute Gasteiger partial charge is 0.148 e. The zero-order chi connectivity index (χ0) is 12.4. The fraction of sp³-hybridized carbons (Fsp3) is 0.250. The first-order valence-corrected chi connectivity index (χ1v) is 5.66. The molecule has 1 heterocycles. The highest BCUT2D eigenvalue weighted by atomic mass is 35.5. The lowest BCUT2D eigenvalue weighted by Crippen LogP contribution is -2.10. The normalized spacial score (nSPS) is 12.7. The van der Waals surface area contributed by atoms with Gasteiger partial charge in [-0.2, -0.15) is 0 Å². The average molecular weight is 255 g/mol. The summed E-state index contributed by atoms with van der Waals surface area (Å²) < 4.78 is 15.5. The molecule has 1 aromatic heterocycles. The van der Waals surface area contributed by atoms with Crippen LogP contribution in [-0.2, 0) is 6.54 Å². The number of imidazole rings is 1. The van der Waals surface area contributed by atoms with Crippen LogP contribution in [0.15, 0.2) is 30.6 Å². The van der Waals surface area contributed by atoms with Gasteiger partial charge in [-0.3, -0.25) is 0 Å². The van der Waals surface area contributed by atoms with Gasteiger partial charge in [0.1, 0.15) is 17.7 Å². The molecule has 0 amide bonds. The highest BCUT2D eigenvalue weighted by Gasteiger charge is 2.20. The molecule has 3 nitrogen and oxygen atoms in total. The summed E-state index contributed by atoms with van der Waals surface area (Å²) in [5.41, 5.74) is 0.137. The maximum absolute atomic E-state index is 13.8. The monoisotopic (exact) mass is 254 g/mol. The van der Waals surface area contributed by atoms with E-state index in [-0.39, 0.29) is 10.6 Å². The minimum absolute atomic E-state index is 0.00356. The molecule has 0 fully saturated rings. The van der Waals surface area contributed by atoms with Crippen molar-refractivity contribution < 1.29 is 9.50 Å². The number of aliphatic hydroxyl groups is 1. The molecule has 5 heteroatoms. The van der Waals surface area contributed by atoms with Crippen LogP contribution in [0.25, 0.3) is 0 Å². The summed E-state index contributed by atoms with van der Waals surface area (Å²) in [5.74, 6) is -0.194. The van der Waals surface area contributed by atoms with Crippen LogP contribution in [0.5, 0.6) is 0 Å². The van der Waals surface area contributed by atoms with E-state index in [1.807, 2.05) is 6.92 Å². The SMILES string of the molecule is CCn1ccnc1C(O)c1cccc(Cl)c1F. The van der Waals surface area contributed by atoms with Crippen LogP contribution in [0.4, 0.5) is 4.39 Å². The van der Waals surface area contributed by atoms with Crippen LogP contribution in [0.2, 0.25) is 5.02 Å². The zero-order valence-electron chi connectivity index (χ0n) is 9.27. The fourth-order valence-electron chi connectivity index (χ4n) is 1.71. The second-order valence-electron chi connectivity index (χ2n) is 3.62. The highest BCUT2D eigenvalue weighted by molar-refractivity contribution is 6.30. The summed E-state index contributed by atoms with van der Waals surface area (Å²) in [6.07, 6.45) is 2.20. The number of nitrogens with zero attached hydrogens (tertiary/aromatic N) is 2. The lowest BCUT2D eigenvalue weighted by molar-refractivity contribution is 0.200. The largest absolute Gasteiger partial charge is 0.380 e. The molecule has 1 atom stereocenters. The van der Waals surface area contributed by atoms with Crippen molar-refractivity contribution in [2.75, 3.05) is 0 Å². The Kier molecular flexibility index (Phi) is 3.45. The van der Waals surface area contributed by atoms with E-state index in [0.29, 0.717) is 12.4 Å². The number of benzene rings is 1. The quantitative estimate of drug-likeness (QED) is 0.915. The third-order valence-electron chi connectivity index (χ3n) is 2.61. The van der Waals surface area contributed by atoms with E-state index in [1.54, 1.807) is 23.0 Å². The molecule has 0 bridgehead atoms. The molecule has 1 unspecified atom stereocenters. The maximum atomic E-state index is 13.8. The van der Waals surface area contributed by atoms with Gasteiger partial charge in [0.05, 0.1) is 5.02 Å². The van der Waals surface area contributed by atoms with Crippen molar-refractivity contribution >= 4 is 11.6 Å². The van der Waals surface area contributed by atoms with E-state index < -0.39 is 11.9 Å². The lowest BCUT2D eigenvalue weighted by Gasteiger charge is -2.13. The Morgan fingerprint density at radius 2 is 2.29 bits per heavy atom. The molecule has 1 N–H and O–H groups in total. The molecule has 2 aromatic rings. The second kappa shape index (κ2) is 4.85. The third-order valence-corrected chi connectivity index (χ3v) is 2.90. The van der Waals surface area contributed by atoms with Gasteiger partial charge < -0.3 is 9.67 Å². The first-order chi connectivity index (χ1) is 8.15. The van der Waals surface area contributed by atoms with Gasteiger partial charge in [0.25, 0.3) is 0 Å². The predicted octanol–water partition coefficient (Wildman–Crippen LogP) is 2.78. The summed E-state index contributed by atoms with van der Waals surface area (Å²) in [7, 11) is 0. The van der Waals surface area contributed by atoms with Crippen LogP contribution in [-0.4, -0.2) is 14.7 Å². The maximum Gasteiger partial charge on any atom is 0.148 e. The number of aryl methyl sites for hydroxylation is 1. The number of aliphatic hydroxyl groups excluding tert-OH is 1. The van der Waals surface area contributed by atoms with E-state index in [2.05, 4.69) is 4.98 Å². The van der Waals surface area contributed by atoms with E-state index in [9.17, 15) is 9.50 Å². The van der Waals surface area contributed by atoms with E-state index in [4.69, 9.17) is 11.6 Å². The number of hydrogen-bond acceptors (Lipinski definition) is 2. The minimum atomic E-state index is -1.11. The van der Waals surface area contributed by atoms with Gasteiger partial charge in [-0.1, -0.05) is 23.7 Å². The molecule has 17 heavy (non-hydrogen) atoms. The van der Waals surface area contributed by atoms with E-state index >= 15 is 0 Å². The molecule has 0 radical (unpaired) electrons. The van der Waals surface area contributed by atoms with Crippen LogP contribution < -0.4 is 0 Å². The van der Waals surface area contributed by atoms with Crippen molar-refractivity contribution in [2.45, 2.75) is 19.6 Å². The number of aromatic nitrogens is 2. The molecule has 0 aliphatic heterocycles. The Morgan fingerprint density at radius 1 is 1.53 bits per heavy atom. The number of rotatable bonds is 3. The highest BCUT2D eigenvalue weighted by Crippen LogP contribution is 2.27. The third kappa shape index (κ3) is 2.18. The predicted molar refractivity (Wildman–Crippen MR) is 63.4 cm³/mol. The summed E-state index contributed by atoms with van der Waals surface area (Å²) in [6, 6.07) is 4.54. The van der Waals surface area contributed by atoms with Crippen molar-refractivity contribution in [2.24, 2.45) is 0 Å². The van der Waals surface area contributed by atoms with Gasteiger partial charge in [-0.25, -0.2) is 9.37 Å². The molecule has 90 valence electrons. The van der Waals surface area contributed by atoms with E-state index in [1.165, 1.54) is 12.1 Å². The summed E-state index contributed by atoms with van der Waals surface area (Å²) >= 11 is 5.68. The average Bonchev–Trinajstić information content (AvgIpc) is 2.80. The summed E-state index contributed by atoms with van der Waals surface area (Å²) in [5, 5.41) is 10.1. The second-order valence-corrected chi connectivity index (χ2v) is 4.02. The molecule has 0 saturated carbocycles. The number of halogens is 2. The van der Waals surface area contributed by atoms with Gasteiger partial charge in [-0.05, 0) is 13.0 Å². The van der Waals surface area contributed by atoms with Crippen LogP contribution >= 0.6 is 11.6 Å². The van der Waals surface area contributed by atoms with Gasteiger partial charge in [0.15, 0.2) is 0 Å². The van der Waals surface area contributed by atoms with Crippen molar-refractivity contribution in [3.63, 3.8) is 0 Å². The Labute approximate surface area is 103 Å². The summed E-state index contributed by atoms with van der Waals surface area (Å²) in [4.78, 5) is 4.04. The van der Waals surface area contributed by atoms with Crippen LogP contribution in [0.3, 0.4) is 0 Å². The molecule has 0 saturated heterocycles. The first-order valence-electron chi connectivity index (χ1n) is 5.28. The van der Waals surface area contributed by atoms with Crippen molar-refractivity contribution in [1.29, 1.82) is 0 Å². The van der Waals surface area contributed by atoms with Gasteiger partial charge >= 0.3 is 0 Å². The molecule has 1 aromatic carbocycles. The Balaban J connectivity index is 2.44. The Bertz CT molecular complexity index is 527. The Hall–Kier alpha value is -1.39. The van der Waals surface area contributed by atoms with Gasteiger partial charge in [0, 0.05) is 24.5 Å². The molecule has 0 aliphatic carbocycles.